The lowest BCUT2D eigenvalue weighted by molar-refractivity contribution is -0.137. The number of alkyl halides is 3. The summed E-state index contributed by atoms with van der Waals surface area (Å²) in [6.45, 7) is -0.561. The minimum absolute atomic E-state index is 0.0791. The number of carbonyl (C=O) groups is 3. The zero-order chi connectivity index (χ0) is 22.8. The summed E-state index contributed by atoms with van der Waals surface area (Å²) in [5, 5.41) is 2.07. The maximum Gasteiger partial charge on any atom is 0.416 e. The number of nitrogens with one attached hydrogen (secondary N) is 1. The van der Waals surface area contributed by atoms with Crippen molar-refractivity contribution in [1.29, 1.82) is 0 Å². The van der Waals surface area contributed by atoms with Crippen LogP contribution in [0.4, 0.5) is 23.7 Å². The van der Waals surface area contributed by atoms with E-state index in [2.05, 4.69) is 5.32 Å². The number of rotatable bonds is 5. The van der Waals surface area contributed by atoms with Crippen LogP contribution in [-0.4, -0.2) is 35.6 Å². The second-order valence-corrected chi connectivity index (χ2v) is 7.69. The Kier molecular flexibility index (Phi) is 6.61. The van der Waals surface area contributed by atoms with Crippen LogP contribution in [0, 0.1) is 0 Å². The van der Waals surface area contributed by atoms with Gasteiger partial charge in [0.05, 0.1) is 22.6 Å². The molecular formula is C20H14ClF3N2O4S. The molecule has 0 unspecified atom stereocenters. The Balaban J connectivity index is 1.71. The van der Waals surface area contributed by atoms with Crippen molar-refractivity contribution in [2.45, 2.75) is 6.18 Å². The molecule has 0 atom stereocenters. The van der Waals surface area contributed by atoms with Gasteiger partial charge in [0.25, 0.3) is 11.1 Å². The number of imide groups is 1. The number of methoxy groups -OCH3 is 1. The van der Waals surface area contributed by atoms with Gasteiger partial charge in [-0.1, -0.05) is 23.7 Å². The van der Waals surface area contributed by atoms with Gasteiger partial charge >= 0.3 is 6.18 Å². The molecule has 1 N–H and O–H groups in total. The molecule has 1 aliphatic rings. The molecule has 1 saturated heterocycles. The molecular weight excluding hydrogens is 457 g/mol. The summed E-state index contributed by atoms with van der Waals surface area (Å²) in [7, 11) is 1.44. The van der Waals surface area contributed by atoms with Gasteiger partial charge in [0.15, 0.2) is 0 Å². The molecule has 0 spiro atoms. The molecule has 0 aromatic heterocycles. The normalized spacial score (nSPS) is 15.5. The third kappa shape index (κ3) is 5.39. The van der Waals surface area contributed by atoms with Gasteiger partial charge in [-0.15, -0.1) is 0 Å². The highest BCUT2D eigenvalue weighted by Gasteiger charge is 2.36. The summed E-state index contributed by atoms with van der Waals surface area (Å²) in [6.07, 6.45) is -3.35. The van der Waals surface area contributed by atoms with E-state index in [0.717, 1.165) is 12.1 Å². The third-order valence-electron chi connectivity index (χ3n) is 4.12. The molecule has 162 valence electrons. The van der Waals surface area contributed by atoms with Crippen molar-refractivity contribution in [2.75, 3.05) is 19.0 Å². The zero-order valence-electron chi connectivity index (χ0n) is 15.8. The van der Waals surface area contributed by atoms with Crippen molar-refractivity contribution >= 4 is 52.2 Å². The van der Waals surface area contributed by atoms with Crippen LogP contribution in [0.3, 0.4) is 0 Å². The van der Waals surface area contributed by atoms with Gasteiger partial charge in [0.2, 0.25) is 5.91 Å². The van der Waals surface area contributed by atoms with Crippen molar-refractivity contribution in [3.8, 4) is 5.75 Å². The maximum atomic E-state index is 12.9. The number of nitrogens with zero attached hydrogens (tertiary/aromatic N) is 1. The minimum Gasteiger partial charge on any atom is -0.495 e. The van der Waals surface area contributed by atoms with Crippen LogP contribution in [0.5, 0.6) is 5.75 Å². The first-order valence-corrected chi connectivity index (χ1v) is 9.84. The quantitative estimate of drug-likeness (QED) is 0.619. The van der Waals surface area contributed by atoms with Crippen molar-refractivity contribution in [3.05, 3.63) is 63.5 Å². The topological polar surface area (TPSA) is 75.7 Å². The molecule has 1 aliphatic heterocycles. The van der Waals surface area contributed by atoms with Gasteiger partial charge in [-0.25, -0.2) is 0 Å². The van der Waals surface area contributed by atoms with Crippen LogP contribution in [0.1, 0.15) is 11.1 Å². The number of amides is 3. The first kappa shape index (κ1) is 22.7. The Morgan fingerprint density at radius 2 is 1.97 bits per heavy atom. The van der Waals surface area contributed by atoms with Crippen LogP contribution in [-0.2, 0) is 15.8 Å². The van der Waals surface area contributed by atoms with Gasteiger partial charge in [-0.2, -0.15) is 13.2 Å². The average Bonchev–Trinajstić information content (AvgIpc) is 2.95. The molecule has 1 heterocycles. The van der Waals surface area contributed by atoms with E-state index in [1.165, 1.54) is 43.5 Å². The number of carbonyl (C=O) groups excluding carboxylic acids is 3. The molecule has 2 aromatic carbocycles. The van der Waals surface area contributed by atoms with Crippen molar-refractivity contribution in [1.82, 2.24) is 4.90 Å². The van der Waals surface area contributed by atoms with E-state index in [1.54, 1.807) is 0 Å². The fourth-order valence-corrected chi connectivity index (χ4v) is 3.78. The van der Waals surface area contributed by atoms with Crippen LogP contribution < -0.4 is 10.1 Å². The Morgan fingerprint density at radius 1 is 1.23 bits per heavy atom. The molecule has 0 aliphatic carbocycles. The Bertz CT molecular complexity index is 1090. The van der Waals surface area contributed by atoms with Gasteiger partial charge in [-0.3, -0.25) is 19.3 Å². The fourth-order valence-electron chi connectivity index (χ4n) is 2.68. The Morgan fingerprint density at radius 3 is 2.61 bits per heavy atom. The summed E-state index contributed by atoms with van der Waals surface area (Å²) in [5.41, 5.74) is -0.432. The minimum atomic E-state index is -4.54. The van der Waals surface area contributed by atoms with E-state index < -0.39 is 35.3 Å². The SMILES string of the molecule is COc1ccc(NC(=O)CN2C(=O)S/C(=C/c3cccc(C(F)(F)F)c3)C2=O)cc1Cl. The molecule has 6 nitrogen and oxygen atoms in total. The van der Waals surface area contributed by atoms with Crippen LogP contribution >= 0.6 is 23.4 Å². The Labute approximate surface area is 184 Å². The van der Waals surface area contributed by atoms with Crippen molar-refractivity contribution in [2.24, 2.45) is 0 Å². The lowest BCUT2D eigenvalue weighted by Crippen LogP contribution is -2.36. The lowest BCUT2D eigenvalue weighted by atomic mass is 10.1. The molecule has 0 bridgehead atoms. The van der Waals surface area contributed by atoms with Crippen molar-refractivity contribution < 1.29 is 32.3 Å². The van der Waals surface area contributed by atoms with Crippen LogP contribution in [0.2, 0.25) is 5.02 Å². The second-order valence-electron chi connectivity index (χ2n) is 6.29. The van der Waals surface area contributed by atoms with Gasteiger partial charge in [0.1, 0.15) is 12.3 Å². The molecule has 3 rings (SSSR count). The van der Waals surface area contributed by atoms with E-state index in [1.807, 2.05) is 0 Å². The highest BCUT2D eigenvalue weighted by atomic mass is 35.5. The molecule has 0 radical (unpaired) electrons. The maximum absolute atomic E-state index is 12.9. The van der Waals surface area contributed by atoms with Crippen molar-refractivity contribution in [3.63, 3.8) is 0 Å². The predicted octanol–water partition coefficient (Wildman–Crippen LogP) is 5.04. The smallest absolute Gasteiger partial charge is 0.416 e. The first-order chi connectivity index (χ1) is 14.6. The number of ether oxygens (including phenoxy) is 1. The highest BCUT2D eigenvalue weighted by molar-refractivity contribution is 8.18. The third-order valence-corrected chi connectivity index (χ3v) is 5.33. The fraction of sp³-hybridized carbons (Fsp3) is 0.150. The number of hydrogen-bond acceptors (Lipinski definition) is 5. The van der Waals surface area contributed by atoms with Gasteiger partial charge in [0, 0.05) is 5.69 Å². The lowest BCUT2D eigenvalue weighted by Gasteiger charge is -2.13. The summed E-state index contributed by atoms with van der Waals surface area (Å²) in [6, 6.07) is 8.86. The van der Waals surface area contributed by atoms with Gasteiger partial charge < -0.3 is 10.1 Å². The number of thioether (sulfide) groups is 1. The largest absolute Gasteiger partial charge is 0.495 e. The molecule has 3 amide bonds. The summed E-state index contributed by atoms with van der Waals surface area (Å²) < 4.78 is 43.6. The number of hydrogen-bond donors (Lipinski definition) is 1. The van der Waals surface area contributed by atoms with E-state index in [4.69, 9.17) is 16.3 Å². The monoisotopic (exact) mass is 470 g/mol. The highest BCUT2D eigenvalue weighted by Crippen LogP contribution is 2.34. The average molecular weight is 471 g/mol. The van der Waals surface area contributed by atoms with Gasteiger partial charge in [-0.05, 0) is 53.7 Å². The first-order valence-electron chi connectivity index (χ1n) is 8.64. The number of halogens is 4. The molecule has 31 heavy (non-hydrogen) atoms. The van der Waals surface area contributed by atoms with E-state index in [-0.39, 0.29) is 15.5 Å². The molecule has 0 saturated carbocycles. The number of benzene rings is 2. The zero-order valence-corrected chi connectivity index (χ0v) is 17.4. The predicted molar refractivity (Wildman–Crippen MR) is 111 cm³/mol. The van der Waals surface area contributed by atoms with E-state index in [0.29, 0.717) is 28.1 Å². The van der Waals surface area contributed by atoms with E-state index in [9.17, 15) is 27.6 Å². The Hall–Kier alpha value is -2.98. The second kappa shape index (κ2) is 9.03. The molecule has 11 heteroatoms. The summed E-state index contributed by atoms with van der Waals surface area (Å²) >= 11 is 6.53. The summed E-state index contributed by atoms with van der Waals surface area (Å²) in [5.74, 6) is -1.01. The van der Waals surface area contributed by atoms with E-state index >= 15 is 0 Å². The van der Waals surface area contributed by atoms with Crippen LogP contribution in [0.25, 0.3) is 6.08 Å². The number of anilines is 1. The molecule has 2 aromatic rings. The summed E-state index contributed by atoms with van der Waals surface area (Å²) in [4.78, 5) is 37.6. The molecule has 1 fully saturated rings. The van der Waals surface area contributed by atoms with Crippen LogP contribution in [0.15, 0.2) is 47.4 Å². The standard InChI is InChI=1S/C20H14ClF3N2O4S/c1-30-15-6-5-13(9-14(15)21)25-17(27)10-26-18(28)16(31-19(26)29)8-11-3-2-4-12(7-11)20(22,23)24/h2-9H,10H2,1H3,(H,25,27)/b16-8+.